The predicted molar refractivity (Wildman–Crippen MR) is 92.3 cm³/mol. The van der Waals surface area contributed by atoms with Gasteiger partial charge in [0.1, 0.15) is 0 Å². The maximum absolute atomic E-state index is 2.57. The summed E-state index contributed by atoms with van der Waals surface area (Å²) in [6.07, 6.45) is 15.0. The monoisotopic (exact) mass is 290 g/mol. The Labute approximate surface area is 133 Å². The van der Waals surface area contributed by atoms with Crippen molar-refractivity contribution in [1.29, 1.82) is 0 Å². The smallest absolute Gasteiger partial charge is 0.0204 e. The van der Waals surface area contributed by atoms with E-state index in [0.29, 0.717) is 5.41 Å². The van der Waals surface area contributed by atoms with Crippen molar-refractivity contribution in [3.05, 3.63) is 0 Å². The van der Waals surface area contributed by atoms with E-state index in [9.17, 15) is 0 Å². The topological polar surface area (TPSA) is 0 Å². The molecule has 3 aliphatic carbocycles. The highest BCUT2D eigenvalue weighted by Crippen LogP contribution is 2.80. The van der Waals surface area contributed by atoms with Gasteiger partial charge in [0, 0.05) is 0 Å². The fourth-order valence-corrected chi connectivity index (χ4v) is 7.29. The third kappa shape index (κ3) is 2.14. The Kier molecular flexibility index (Phi) is 3.99. The lowest BCUT2D eigenvalue weighted by Gasteiger charge is -2.55. The molecule has 0 N–H and O–H groups in total. The molecule has 0 saturated heterocycles. The van der Waals surface area contributed by atoms with Crippen molar-refractivity contribution in [1.82, 2.24) is 0 Å². The van der Waals surface area contributed by atoms with E-state index in [1.807, 2.05) is 0 Å². The van der Waals surface area contributed by atoms with E-state index in [-0.39, 0.29) is 0 Å². The Morgan fingerprint density at radius 2 is 1.71 bits per heavy atom. The van der Waals surface area contributed by atoms with Crippen LogP contribution < -0.4 is 0 Å². The summed E-state index contributed by atoms with van der Waals surface area (Å²) in [5.41, 5.74) is 2.16. The van der Waals surface area contributed by atoms with Gasteiger partial charge in [0.2, 0.25) is 0 Å². The lowest BCUT2D eigenvalue weighted by molar-refractivity contribution is -0.0540. The van der Waals surface area contributed by atoms with E-state index in [1.165, 1.54) is 38.5 Å². The highest BCUT2D eigenvalue weighted by molar-refractivity contribution is 5.21. The van der Waals surface area contributed by atoms with Crippen LogP contribution >= 0.6 is 0 Å². The Balaban J connectivity index is 1.88. The van der Waals surface area contributed by atoms with E-state index < -0.39 is 0 Å². The molecule has 3 saturated carbocycles. The normalized spacial score (nSPS) is 47.6. The molecule has 5 atom stereocenters. The Bertz CT molecular complexity index is 381. The molecule has 3 aliphatic rings. The molecule has 0 bridgehead atoms. The van der Waals surface area contributed by atoms with Gasteiger partial charge in [0.15, 0.2) is 0 Å². The molecule has 21 heavy (non-hydrogen) atoms. The van der Waals surface area contributed by atoms with Crippen molar-refractivity contribution in [2.75, 3.05) is 0 Å². The van der Waals surface area contributed by atoms with Crippen LogP contribution in [0.5, 0.6) is 0 Å². The molecular formula is C21H38. The number of rotatable bonds is 5. The predicted octanol–water partition coefficient (Wildman–Crippen LogP) is 6.84. The Morgan fingerprint density at radius 3 is 2.33 bits per heavy atom. The average molecular weight is 291 g/mol. The first kappa shape index (κ1) is 15.9. The molecule has 0 aromatic heterocycles. The highest BCUT2D eigenvalue weighted by Gasteiger charge is 2.72. The fourth-order valence-electron chi connectivity index (χ4n) is 7.29. The van der Waals surface area contributed by atoms with Crippen LogP contribution in [0.4, 0.5) is 0 Å². The molecule has 0 aromatic carbocycles. The summed E-state index contributed by atoms with van der Waals surface area (Å²) < 4.78 is 0. The second-order valence-electron chi connectivity index (χ2n) is 9.45. The largest absolute Gasteiger partial charge is 0.0654 e. The van der Waals surface area contributed by atoms with Crippen LogP contribution in [-0.4, -0.2) is 0 Å². The van der Waals surface area contributed by atoms with Crippen LogP contribution in [0.3, 0.4) is 0 Å². The maximum atomic E-state index is 2.57. The minimum atomic E-state index is 0.603. The van der Waals surface area contributed by atoms with Gasteiger partial charge < -0.3 is 0 Å². The van der Waals surface area contributed by atoms with E-state index >= 15 is 0 Å². The molecule has 3 fully saturated rings. The quantitative estimate of drug-likeness (QED) is 0.520. The lowest BCUT2D eigenvalue weighted by atomic mass is 9.50. The Morgan fingerprint density at radius 1 is 0.952 bits per heavy atom. The third-order valence-electron chi connectivity index (χ3n) is 8.36. The Hall–Kier alpha value is 0. The summed E-state index contributed by atoms with van der Waals surface area (Å²) in [5, 5.41) is 0. The lowest BCUT2D eigenvalue weighted by Crippen LogP contribution is -2.47. The minimum Gasteiger partial charge on any atom is -0.0654 e. The molecule has 0 aromatic rings. The zero-order valence-electron chi connectivity index (χ0n) is 15.3. The first-order valence-electron chi connectivity index (χ1n) is 9.96. The summed E-state index contributed by atoms with van der Waals surface area (Å²) in [6.45, 7) is 12.5. The molecule has 0 amide bonds. The van der Waals surface area contributed by atoms with Crippen LogP contribution in [0.15, 0.2) is 0 Å². The van der Waals surface area contributed by atoms with E-state index in [1.54, 1.807) is 25.7 Å². The number of fused-ring (bicyclic) bond motifs is 3. The molecule has 5 unspecified atom stereocenters. The van der Waals surface area contributed by atoms with E-state index in [0.717, 1.165) is 28.6 Å². The maximum Gasteiger partial charge on any atom is -0.0204 e. The molecule has 0 heteroatoms. The molecule has 0 radical (unpaired) electrons. The first-order valence-corrected chi connectivity index (χ1v) is 9.96. The number of hydrogen-bond acceptors (Lipinski definition) is 0. The molecule has 0 heterocycles. The summed E-state index contributed by atoms with van der Waals surface area (Å²) in [4.78, 5) is 0. The fraction of sp³-hybridized carbons (Fsp3) is 1.00. The van der Waals surface area contributed by atoms with Gasteiger partial charge in [-0.2, -0.15) is 0 Å². The van der Waals surface area contributed by atoms with Gasteiger partial charge in [0.05, 0.1) is 0 Å². The molecule has 122 valence electrons. The van der Waals surface area contributed by atoms with Crippen molar-refractivity contribution < 1.29 is 0 Å². The van der Waals surface area contributed by atoms with E-state index in [2.05, 4.69) is 34.6 Å². The molecule has 0 spiro atoms. The van der Waals surface area contributed by atoms with Crippen molar-refractivity contribution in [3.8, 4) is 0 Å². The van der Waals surface area contributed by atoms with Gasteiger partial charge in [-0.3, -0.25) is 0 Å². The standard InChI is InChI=1S/C21H38/c1-6-9-17-16-10-14-20(8-3)15-21(20,12-7-2)18(16)11-13-19(17,4)5/h16-18H,6-15H2,1-5H3. The van der Waals surface area contributed by atoms with Gasteiger partial charge in [-0.25, -0.2) is 0 Å². The van der Waals surface area contributed by atoms with Crippen molar-refractivity contribution in [2.24, 2.45) is 34.0 Å². The van der Waals surface area contributed by atoms with Crippen LogP contribution in [0.25, 0.3) is 0 Å². The zero-order valence-corrected chi connectivity index (χ0v) is 15.3. The van der Waals surface area contributed by atoms with Crippen molar-refractivity contribution in [2.45, 2.75) is 98.8 Å². The second-order valence-corrected chi connectivity index (χ2v) is 9.45. The van der Waals surface area contributed by atoms with Gasteiger partial charge >= 0.3 is 0 Å². The molecule has 0 aliphatic heterocycles. The van der Waals surface area contributed by atoms with Gasteiger partial charge in [-0.15, -0.1) is 0 Å². The molecular weight excluding hydrogens is 252 g/mol. The van der Waals surface area contributed by atoms with Crippen molar-refractivity contribution >= 4 is 0 Å². The van der Waals surface area contributed by atoms with Crippen LogP contribution in [0.1, 0.15) is 98.8 Å². The van der Waals surface area contributed by atoms with Gasteiger partial charge in [-0.05, 0) is 85.4 Å². The highest BCUT2D eigenvalue weighted by atomic mass is 14.8. The third-order valence-corrected chi connectivity index (χ3v) is 8.36. The van der Waals surface area contributed by atoms with Crippen LogP contribution in [0.2, 0.25) is 0 Å². The minimum absolute atomic E-state index is 0.603. The molecule has 3 rings (SSSR count). The van der Waals surface area contributed by atoms with Crippen LogP contribution in [-0.2, 0) is 0 Å². The van der Waals surface area contributed by atoms with Gasteiger partial charge in [0.25, 0.3) is 0 Å². The zero-order chi connectivity index (χ0) is 15.3. The summed E-state index contributed by atoms with van der Waals surface area (Å²) in [6, 6.07) is 0. The first-order chi connectivity index (χ1) is 9.96. The second kappa shape index (κ2) is 5.27. The summed E-state index contributed by atoms with van der Waals surface area (Å²) >= 11 is 0. The van der Waals surface area contributed by atoms with Crippen LogP contribution in [0, 0.1) is 34.0 Å². The van der Waals surface area contributed by atoms with Crippen molar-refractivity contribution in [3.63, 3.8) is 0 Å². The number of hydrogen-bond donors (Lipinski definition) is 0. The van der Waals surface area contributed by atoms with E-state index in [4.69, 9.17) is 0 Å². The SMILES string of the molecule is CCCC1C2CCC3(CC)CC3(CCC)C2CCC1(C)C. The summed E-state index contributed by atoms with van der Waals surface area (Å²) in [7, 11) is 0. The molecule has 0 nitrogen and oxygen atoms in total. The van der Waals surface area contributed by atoms with Gasteiger partial charge in [-0.1, -0.05) is 47.5 Å². The average Bonchev–Trinajstić information content (AvgIpc) is 3.11. The summed E-state index contributed by atoms with van der Waals surface area (Å²) in [5.74, 6) is 3.14.